The highest BCUT2D eigenvalue weighted by Crippen LogP contribution is 2.63. The van der Waals surface area contributed by atoms with Crippen molar-refractivity contribution in [3.63, 3.8) is 0 Å². The molecular formula is C54H75F3N15O24P3. The van der Waals surface area contributed by atoms with Crippen LogP contribution in [0.5, 0.6) is 17.6 Å². The second-order valence-electron chi connectivity index (χ2n) is 22.4. The van der Waals surface area contributed by atoms with E-state index in [0.29, 0.717) is 19.8 Å². The van der Waals surface area contributed by atoms with Crippen molar-refractivity contribution in [2.75, 3.05) is 96.5 Å². The molecule has 0 bridgehead atoms. The highest BCUT2D eigenvalue weighted by atomic mass is 31.2. The summed E-state index contributed by atoms with van der Waals surface area (Å²) in [6.45, 7) is 14.1. The van der Waals surface area contributed by atoms with E-state index in [0.717, 1.165) is 0 Å². The number of fused-ring (bicyclic) bond motifs is 6. The monoisotopic (exact) mass is 1470 g/mol. The van der Waals surface area contributed by atoms with E-state index in [4.69, 9.17) is 101 Å². The van der Waals surface area contributed by atoms with Crippen molar-refractivity contribution >= 4 is 92.7 Å². The minimum atomic E-state index is -4.13. The molecule has 6 N–H and O–H groups in total. The first-order chi connectivity index (χ1) is 47.0. The van der Waals surface area contributed by atoms with Gasteiger partial charge in [-0.1, -0.05) is 0 Å². The normalized spacial score (nSPS) is 31.5. The molecule has 1 unspecified atom stereocenters. The Morgan fingerprint density at radius 2 is 0.727 bits per heavy atom. The van der Waals surface area contributed by atoms with Gasteiger partial charge < -0.3 is 59.8 Å². The standard InChI is InChI=1S/3C18H25FN5O8P/c3*1-4-27-11(25)6-7-29-33(26)30-8-10-13(32-33)18(3,19)16(31-10)24-9-21-12-14(24)22-17(20)23-15(12)28-5-2/h3*9-10,13,16H,4-8H2,1-3H3,(H2,20,22,23)/t10-,13-,16-,18-,33?;10-,13-,16-,18-,33+;10-,13-,16-,18-,33-/m111/s1. The molecule has 99 heavy (non-hydrogen) atoms. The highest BCUT2D eigenvalue weighted by Gasteiger charge is 2.65. The molecular weight excluding hydrogens is 1390 g/mol. The zero-order valence-corrected chi connectivity index (χ0v) is 57.6. The molecule has 0 saturated carbocycles. The fraction of sp³-hybridized carbons (Fsp3) is 0.667. The molecule has 546 valence electrons. The molecule has 6 aliphatic rings. The summed E-state index contributed by atoms with van der Waals surface area (Å²) in [7, 11) is -12.4. The van der Waals surface area contributed by atoms with Crippen molar-refractivity contribution < 1.29 is 125 Å². The molecule has 6 aliphatic heterocycles. The van der Waals surface area contributed by atoms with Gasteiger partial charge in [-0.3, -0.25) is 68.8 Å². The van der Waals surface area contributed by atoms with Crippen LogP contribution in [0, 0.1) is 0 Å². The SMILES string of the molecule is CCOC(=O)CCOP1(=O)OC[C@H]2O[C@@H](n3cnc4c(OCC)nc(N)nc43)[C@](C)(F)[C@@H]2O1.CCOC(=O)CCO[P@@]1(=O)OC[C@H]2O[C@@H](n3cnc4c(OCC)nc(N)nc43)[C@](C)(F)[C@@H]2O1.CCOC(=O)CCO[P@]1(=O)OC[C@H]2O[C@@H](n3cnc4c(OCC)nc(N)nc43)[C@](C)(F)[C@@H]2O1. The summed E-state index contributed by atoms with van der Waals surface area (Å²) in [5.41, 5.74) is 12.2. The number of anilines is 3. The first-order valence-corrected chi connectivity index (χ1v) is 35.5. The van der Waals surface area contributed by atoms with Crippen LogP contribution in [0.2, 0.25) is 0 Å². The van der Waals surface area contributed by atoms with Crippen molar-refractivity contribution in [1.82, 2.24) is 58.6 Å². The van der Waals surface area contributed by atoms with E-state index in [9.17, 15) is 28.1 Å². The molecule has 45 heteroatoms. The summed E-state index contributed by atoms with van der Waals surface area (Å²) in [4.78, 5) is 71.5. The van der Waals surface area contributed by atoms with Crippen molar-refractivity contribution in [2.45, 2.75) is 154 Å². The number of phosphoric acid groups is 3. The number of halogens is 3. The Morgan fingerprint density at radius 1 is 0.465 bits per heavy atom. The number of esters is 3. The Bertz CT molecular complexity index is 3640. The maximum absolute atomic E-state index is 16.0. The maximum Gasteiger partial charge on any atom is 0.475 e. The summed E-state index contributed by atoms with van der Waals surface area (Å²) >= 11 is 0. The lowest BCUT2D eigenvalue weighted by atomic mass is 9.98. The second-order valence-corrected chi connectivity index (χ2v) is 27.3. The molecule has 0 radical (unpaired) electrons. The largest absolute Gasteiger partial charge is 0.476 e. The minimum Gasteiger partial charge on any atom is -0.476 e. The number of nitrogen functional groups attached to an aromatic ring is 3. The lowest BCUT2D eigenvalue weighted by Gasteiger charge is -2.33. The number of phosphoric ester groups is 3. The van der Waals surface area contributed by atoms with Crippen molar-refractivity contribution in [3.05, 3.63) is 19.0 Å². The summed E-state index contributed by atoms with van der Waals surface area (Å²) in [5, 5.41) is 0. The zero-order chi connectivity index (χ0) is 71.4. The Hall–Kier alpha value is -7.14. The Kier molecular flexibility index (Phi) is 23.0. The van der Waals surface area contributed by atoms with E-state index in [-0.39, 0.29) is 148 Å². The highest BCUT2D eigenvalue weighted by molar-refractivity contribution is 7.49. The van der Waals surface area contributed by atoms with E-state index in [2.05, 4.69) is 44.9 Å². The quantitative estimate of drug-likeness (QED) is 0.0367. The minimum absolute atomic E-state index is 0.0808. The van der Waals surface area contributed by atoms with Crippen molar-refractivity contribution in [3.8, 4) is 17.6 Å². The average molecular weight is 1470 g/mol. The van der Waals surface area contributed by atoms with Crippen LogP contribution >= 0.6 is 23.5 Å². The second kappa shape index (κ2) is 30.6. The molecule has 0 aromatic carbocycles. The van der Waals surface area contributed by atoms with Gasteiger partial charge in [0.25, 0.3) is 0 Å². The van der Waals surface area contributed by atoms with Gasteiger partial charge in [0.1, 0.15) is 36.6 Å². The molecule has 6 aromatic heterocycles. The zero-order valence-electron chi connectivity index (χ0n) is 54.9. The topological polar surface area (TPSA) is 477 Å². The van der Waals surface area contributed by atoms with Crippen LogP contribution in [0.25, 0.3) is 33.5 Å². The summed E-state index contributed by atoms with van der Waals surface area (Å²) in [6.07, 6.45) is -6.75. The van der Waals surface area contributed by atoms with Gasteiger partial charge in [0.15, 0.2) is 69.2 Å². The molecule has 6 saturated heterocycles. The lowest BCUT2D eigenvalue weighted by molar-refractivity contribution is -0.145. The molecule has 39 nitrogen and oxygen atoms in total. The van der Waals surface area contributed by atoms with Crippen LogP contribution in [-0.4, -0.2) is 209 Å². The van der Waals surface area contributed by atoms with Crippen molar-refractivity contribution in [2.24, 2.45) is 0 Å². The van der Waals surface area contributed by atoms with E-state index >= 15 is 13.2 Å². The molecule has 0 amide bonds. The fourth-order valence-corrected chi connectivity index (χ4v) is 15.5. The molecule has 6 aromatic rings. The first kappa shape index (κ1) is 74.5. The molecule has 0 spiro atoms. The van der Waals surface area contributed by atoms with Crippen LogP contribution in [0.1, 0.15) is 100 Å². The third-order valence-corrected chi connectivity index (χ3v) is 19.7. The molecule has 6 fully saturated rings. The number of hydrogen-bond acceptors (Lipinski definition) is 36. The number of rotatable bonds is 24. The molecule has 0 aliphatic carbocycles. The molecule has 15 atom stereocenters. The predicted molar refractivity (Wildman–Crippen MR) is 330 cm³/mol. The fourth-order valence-electron chi connectivity index (χ4n) is 11.1. The number of carbonyl (C=O) groups excluding carboxylic acids is 3. The maximum atomic E-state index is 16.0. The van der Waals surface area contributed by atoms with Gasteiger partial charge in [0.2, 0.25) is 35.5 Å². The lowest BCUT2D eigenvalue weighted by Crippen LogP contribution is -2.44. The van der Waals surface area contributed by atoms with E-state index in [1.165, 1.54) is 53.5 Å². The van der Waals surface area contributed by atoms with Gasteiger partial charge in [-0.15, -0.1) is 0 Å². The summed E-state index contributed by atoms with van der Waals surface area (Å²) < 4.78 is 186. The molecule has 12 rings (SSSR count). The van der Waals surface area contributed by atoms with Crippen LogP contribution in [0.4, 0.5) is 31.0 Å². The number of nitrogens with two attached hydrogens (primary N) is 3. The Balaban J connectivity index is 0.000000161. The molecule has 12 heterocycles. The number of imidazole rings is 3. The van der Waals surface area contributed by atoms with E-state index in [1.54, 1.807) is 41.5 Å². The van der Waals surface area contributed by atoms with Gasteiger partial charge in [-0.25, -0.2) is 41.8 Å². The van der Waals surface area contributed by atoms with Gasteiger partial charge >= 0.3 is 41.4 Å². The average Bonchev–Trinajstić information content (AvgIpc) is 1.60. The van der Waals surface area contributed by atoms with Gasteiger partial charge in [-0.2, -0.15) is 29.9 Å². The number of carbonyl (C=O) groups is 3. The van der Waals surface area contributed by atoms with Crippen LogP contribution in [-0.2, 0) is 97.2 Å². The Morgan fingerprint density at radius 3 is 0.970 bits per heavy atom. The van der Waals surface area contributed by atoms with Gasteiger partial charge in [0, 0.05) is 0 Å². The third-order valence-electron chi connectivity index (χ3n) is 15.4. The smallest absolute Gasteiger partial charge is 0.475 e. The van der Waals surface area contributed by atoms with E-state index < -0.39 is 114 Å². The van der Waals surface area contributed by atoms with Gasteiger partial charge in [0.05, 0.1) is 118 Å². The number of ether oxygens (including phenoxy) is 9. The number of nitrogens with zero attached hydrogens (tertiary/aromatic N) is 12. The van der Waals surface area contributed by atoms with E-state index in [1.807, 2.05) is 0 Å². The van der Waals surface area contributed by atoms with Gasteiger partial charge in [-0.05, 0) is 62.3 Å². The van der Waals surface area contributed by atoms with Crippen LogP contribution in [0.15, 0.2) is 19.0 Å². The van der Waals surface area contributed by atoms with Crippen LogP contribution < -0.4 is 31.4 Å². The first-order valence-electron chi connectivity index (χ1n) is 31.2. The summed E-state index contributed by atoms with van der Waals surface area (Å²) in [5.74, 6) is -1.35. The summed E-state index contributed by atoms with van der Waals surface area (Å²) in [6, 6.07) is 0. The Labute approximate surface area is 561 Å². The van der Waals surface area contributed by atoms with Crippen molar-refractivity contribution in [1.29, 1.82) is 0 Å². The third kappa shape index (κ3) is 16.0. The predicted octanol–water partition coefficient (Wildman–Crippen LogP) is 5.78. The van der Waals surface area contributed by atoms with Crippen LogP contribution in [0.3, 0.4) is 0 Å². The number of alkyl halides is 3. The number of aromatic nitrogens is 12. The number of hydrogen-bond donors (Lipinski definition) is 3.